The lowest BCUT2D eigenvalue weighted by Gasteiger charge is -2.24. The summed E-state index contributed by atoms with van der Waals surface area (Å²) in [6.07, 6.45) is 1.82. The van der Waals surface area contributed by atoms with E-state index >= 15 is 0 Å². The molecule has 0 aromatic heterocycles. The number of amides is 1. The Hall–Kier alpha value is -2.54. The van der Waals surface area contributed by atoms with Crippen molar-refractivity contribution in [3.8, 4) is 5.75 Å². The van der Waals surface area contributed by atoms with Crippen LogP contribution in [0.4, 0.5) is 5.69 Å². The zero-order chi connectivity index (χ0) is 22.5. The van der Waals surface area contributed by atoms with E-state index in [1.54, 1.807) is 24.3 Å². The van der Waals surface area contributed by atoms with Gasteiger partial charge in [0.15, 0.2) is 0 Å². The summed E-state index contributed by atoms with van der Waals surface area (Å²) in [6, 6.07) is 12.6. The maximum absolute atomic E-state index is 12.7. The van der Waals surface area contributed by atoms with E-state index in [9.17, 15) is 13.2 Å². The Balaban J connectivity index is 2.17. The summed E-state index contributed by atoms with van der Waals surface area (Å²) >= 11 is 0. The summed E-state index contributed by atoms with van der Waals surface area (Å²) in [5, 5.41) is 2.97. The lowest BCUT2D eigenvalue weighted by atomic mass is 9.99. The minimum atomic E-state index is -3.64. The van der Waals surface area contributed by atoms with E-state index in [0.29, 0.717) is 17.9 Å². The molecule has 0 aliphatic heterocycles. The number of carbonyl (C=O) groups is 1. The van der Waals surface area contributed by atoms with E-state index in [0.717, 1.165) is 21.7 Å². The van der Waals surface area contributed by atoms with Gasteiger partial charge in [0.2, 0.25) is 15.9 Å². The van der Waals surface area contributed by atoms with Crippen molar-refractivity contribution in [2.45, 2.75) is 53.2 Å². The molecule has 0 spiro atoms. The standard InChI is InChI=1S/C23H32N2O4S/c1-7-22(19-9-8-17(4)18(5)14-19)24-23(26)15-25(30(6,27)28)20-10-12-21(13-11-20)29-16(2)3/h8-14,16,22H,7,15H2,1-6H3,(H,24,26). The van der Waals surface area contributed by atoms with Gasteiger partial charge >= 0.3 is 0 Å². The predicted molar refractivity (Wildman–Crippen MR) is 121 cm³/mol. The average molecular weight is 433 g/mol. The Morgan fingerprint density at radius 2 is 1.70 bits per heavy atom. The Bertz CT molecular complexity index is 969. The van der Waals surface area contributed by atoms with Crippen molar-refractivity contribution in [2.75, 3.05) is 17.1 Å². The van der Waals surface area contributed by atoms with Gasteiger partial charge in [0, 0.05) is 0 Å². The van der Waals surface area contributed by atoms with Crippen LogP contribution < -0.4 is 14.4 Å². The van der Waals surface area contributed by atoms with Crippen molar-refractivity contribution in [3.63, 3.8) is 0 Å². The Labute approximate surface area is 180 Å². The highest BCUT2D eigenvalue weighted by Gasteiger charge is 2.23. The number of ether oxygens (including phenoxy) is 1. The summed E-state index contributed by atoms with van der Waals surface area (Å²) in [7, 11) is -3.64. The summed E-state index contributed by atoms with van der Waals surface area (Å²) in [5.41, 5.74) is 3.77. The quantitative estimate of drug-likeness (QED) is 0.647. The van der Waals surface area contributed by atoms with Crippen LogP contribution >= 0.6 is 0 Å². The maximum Gasteiger partial charge on any atom is 0.241 e. The van der Waals surface area contributed by atoms with Crippen LogP contribution in [0.25, 0.3) is 0 Å². The molecule has 2 aromatic rings. The number of aryl methyl sites for hydroxylation is 2. The van der Waals surface area contributed by atoms with Crippen LogP contribution in [-0.2, 0) is 14.8 Å². The molecule has 0 fully saturated rings. The average Bonchev–Trinajstić information content (AvgIpc) is 2.66. The molecular weight excluding hydrogens is 400 g/mol. The Morgan fingerprint density at radius 1 is 1.07 bits per heavy atom. The minimum absolute atomic E-state index is 0.0176. The normalized spacial score (nSPS) is 12.5. The SMILES string of the molecule is CCC(NC(=O)CN(c1ccc(OC(C)C)cc1)S(C)(=O)=O)c1ccc(C)c(C)c1. The predicted octanol–water partition coefficient (Wildman–Crippen LogP) is 4.12. The van der Waals surface area contributed by atoms with Crippen molar-refractivity contribution in [2.24, 2.45) is 0 Å². The van der Waals surface area contributed by atoms with E-state index in [2.05, 4.69) is 11.4 Å². The van der Waals surface area contributed by atoms with E-state index < -0.39 is 10.0 Å². The molecule has 0 heterocycles. The molecule has 7 heteroatoms. The third-order valence-corrected chi connectivity index (χ3v) is 6.00. The molecule has 30 heavy (non-hydrogen) atoms. The van der Waals surface area contributed by atoms with Gasteiger partial charge in [0.05, 0.1) is 24.1 Å². The smallest absolute Gasteiger partial charge is 0.241 e. The van der Waals surface area contributed by atoms with Gasteiger partial charge in [-0.25, -0.2) is 8.42 Å². The number of nitrogens with zero attached hydrogens (tertiary/aromatic N) is 1. The molecule has 1 N–H and O–H groups in total. The second-order valence-electron chi connectivity index (χ2n) is 7.80. The van der Waals surface area contributed by atoms with Gasteiger partial charge in [0.1, 0.15) is 12.3 Å². The number of carbonyl (C=O) groups excluding carboxylic acids is 1. The van der Waals surface area contributed by atoms with Crippen LogP contribution in [0.3, 0.4) is 0 Å². The van der Waals surface area contributed by atoms with E-state index in [1.165, 1.54) is 5.56 Å². The molecule has 0 bridgehead atoms. The fraction of sp³-hybridized carbons (Fsp3) is 0.435. The number of nitrogens with one attached hydrogen (secondary N) is 1. The second-order valence-corrected chi connectivity index (χ2v) is 9.71. The molecule has 0 aliphatic carbocycles. The molecule has 0 saturated carbocycles. The van der Waals surface area contributed by atoms with Gasteiger partial charge in [-0.2, -0.15) is 0 Å². The van der Waals surface area contributed by atoms with Crippen LogP contribution in [0.5, 0.6) is 5.75 Å². The lowest BCUT2D eigenvalue weighted by molar-refractivity contribution is -0.120. The molecule has 1 amide bonds. The first kappa shape index (κ1) is 23.7. The van der Waals surface area contributed by atoms with Crippen LogP contribution in [0.2, 0.25) is 0 Å². The number of rotatable bonds is 9. The number of anilines is 1. The van der Waals surface area contributed by atoms with Crippen LogP contribution in [0.15, 0.2) is 42.5 Å². The third kappa shape index (κ3) is 6.49. The fourth-order valence-electron chi connectivity index (χ4n) is 3.14. The van der Waals surface area contributed by atoms with Gasteiger partial charge < -0.3 is 10.1 Å². The molecule has 2 aromatic carbocycles. The number of sulfonamides is 1. The van der Waals surface area contributed by atoms with Crippen molar-refractivity contribution >= 4 is 21.6 Å². The van der Waals surface area contributed by atoms with Gasteiger partial charge in [-0.3, -0.25) is 9.10 Å². The highest BCUT2D eigenvalue weighted by atomic mass is 32.2. The molecule has 0 saturated heterocycles. The Kier molecular flexibility index (Phi) is 7.89. The molecule has 0 radical (unpaired) electrons. The lowest BCUT2D eigenvalue weighted by Crippen LogP contribution is -2.41. The topological polar surface area (TPSA) is 75.7 Å². The van der Waals surface area contributed by atoms with E-state index in [-0.39, 0.29) is 24.6 Å². The van der Waals surface area contributed by atoms with Crippen molar-refractivity contribution < 1.29 is 17.9 Å². The van der Waals surface area contributed by atoms with Gasteiger partial charge in [-0.1, -0.05) is 25.1 Å². The van der Waals surface area contributed by atoms with Crippen molar-refractivity contribution in [1.82, 2.24) is 5.32 Å². The van der Waals surface area contributed by atoms with Crippen molar-refractivity contribution in [3.05, 3.63) is 59.2 Å². The molecule has 0 aliphatic rings. The highest BCUT2D eigenvalue weighted by Crippen LogP contribution is 2.23. The van der Waals surface area contributed by atoms with Crippen LogP contribution in [0, 0.1) is 13.8 Å². The highest BCUT2D eigenvalue weighted by molar-refractivity contribution is 7.92. The second kappa shape index (κ2) is 9.98. The summed E-state index contributed by atoms with van der Waals surface area (Å²) in [6.45, 7) is 9.61. The zero-order valence-corrected chi connectivity index (χ0v) is 19.4. The number of benzene rings is 2. The first-order valence-corrected chi connectivity index (χ1v) is 12.0. The van der Waals surface area contributed by atoms with Crippen LogP contribution in [0.1, 0.15) is 49.9 Å². The largest absolute Gasteiger partial charge is 0.491 e. The monoisotopic (exact) mass is 432 g/mol. The number of hydrogen-bond acceptors (Lipinski definition) is 4. The molecule has 1 unspecified atom stereocenters. The Morgan fingerprint density at radius 3 is 2.20 bits per heavy atom. The van der Waals surface area contributed by atoms with E-state index in [4.69, 9.17) is 4.74 Å². The van der Waals surface area contributed by atoms with Gasteiger partial charge in [-0.05, 0) is 75.1 Å². The van der Waals surface area contributed by atoms with E-state index in [1.807, 2.05) is 46.8 Å². The molecule has 164 valence electrons. The summed E-state index contributed by atoms with van der Waals surface area (Å²) < 4.78 is 31.4. The first-order chi connectivity index (χ1) is 14.0. The third-order valence-electron chi connectivity index (χ3n) is 4.86. The van der Waals surface area contributed by atoms with Gasteiger partial charge in [-0.15, -0.1) is 0 Å². The summed E-state index contributed by atoms with van der Waals surface area (Å²) in [4.78, 5) is 12.7. The molecule has 6 nitrogen and oxygen atoms in total. The minimum Gasteiger partial charge on any atom is -0.491 e. The molecule has 2 rings (SSSR count). The maximum atomic E-state index is 12.7. The number of hydrogen-bond donors (Lipinski definition) is 1. The van der Waals surface area contributed by atoms with Crippen LogP contribution in [-0.4, -0.2) is 33.2 Å². The zero-order valence-electron chi connectivity index (χ0n) is 18.6. The van der Waals surface area contributed by atoms with Gasteiger partial charge in [0.25, 0.3) is 0 Å². The first-order valence-electron chi connectivity index (χ1n) is 10.1. The summed E-state index contributed by atoms with van der Waals surface area (Å²) in [5.74, 6) is 0.292. The van der Waals surface area contributed by atoms with Crippen molar-refractivity contribution in [1.29, 1.82) is 0 Å². The molecule has 1 atom stereocenters. The fourth-order valence-corrected chi connectivity index (χ4v) is 3.99. The molecular formula is C23H32N2O4S.